The molecule has 2 heterocycles. The van der Waals surface area contributed by atoms with Crippen LogP contribution in [0.4, 0.5) is 10.6 Å². The van der Waals surface area contributed by atoms with Crippen molar-refractivity contribution in [3.05, 3.63) is 29.4 Å². The summed E-state index contributed by atoms with van der Waals surface area (Å²) in [6.07, 6.45) is 0.285. The highest BCUT2D eigenvalue weighted by molar-refractivity contribution is 7.89. The van der Waals surface area contributed by atoms with Gasteiger partial charge in [-0.25, -0.2) is 18.2 Å². The fraction of sp³-hybridized carbons (Fsp3) is 0.312. The lowest BCUT2D eigenvalue weighted by Crippen LogP contribution is -2.45. The third-order valence-electron chi connectivity index (χ3n) is 4.31. The molecule has 0 bridgehead atoms. The molecule has 0 unspecified atom stereocenters. The molecule has 0 amide bonds. The van der Waals surface area contributed by atoms with Crippen LogP contribution >= 0.6 is 11.6 Å². The SMILES string of the molecule is N=C(N)Nc1ncc(Cl)c2ccc(S(=O)(=O)N3CCCC[C@H]3OC(=O)O)cc12. The Morgan fingerprint density at radius 3 is 2.82 bits per heavy atom. The summed E-state index contributed by atoms with van der Waals surface area (Å²) >= 11 is 6.14. The fourth-order valence-electron chi connectivity index (χ4n) is 3.09. The number of benzene rings is 1. The van der Waals surface area contributed by atoms with Gasteiger partial charge in [0.1, 0.15) is 5.82 Å². The highest BCUT2D eigenvalue weighted by atomic mass is 35.5. The standard InChI is InChI=1S/C16H18ClN5O5S/c17-12-8-20-14(21-15(18)19)11-7-9(4-5-10(11)12)28(25,26)22-6-2-1-3-13(22)27-16(23)24/h4-5,7-8,13H,1-3,6H2,(H,23,24)(H4,18,19,20,21)/t13-/m1/s1. The minimum Gasteiger partial charge on any atom is -0.450 e. The summed E-state index contributed by atoms with van der Waals surface area (Å²) in [5.74, 6) is -0.184. The number of hydrogen-bond acceptors (Lipinski definition) is 6. The second-order valence-corrected chi connectivity index (χ2v) is 8.45. The van der Waals surface area contributed by atoms with Crippen molar-refractivity contribution < 1.29 is 23.1 Å². The molecule has 28 heavy (non-hydrogen) atoms. The number of aromatic nitrogens is 1. The molecule has 0 aliphatic carbocycles. The molecule has 0 radical (unpaired) electrons. The minimum absolute atomic E-state index is 0.0726. The van der Waals surface area contributed by atoms with Gasteiger partial charge in [0.25, 0.3) is 0 Å². The molecule has 0 spiro atoms. The molecular weight excluding hydrogens is 410 g/mol. The lowest BCUT2D eigenvalue weighted by molar-refractivity contribution is -0.0165. The van der Waals surface area contributed by atoms with Gasteiger partial charge < -0.3 is 20.9 Å². The molecule has 1 atom stereocenters. The van der Waals surface area contributed by atoms with Crippen LogP contribution < -0.4 is 11.1 Å². The van der Waals surface area contributed by atoms with E-state index >= 15 is 0 Å². The number of ether oxygens (including phenoxy) is 1. The number of nitrogens with zero attached hydrogens (tertiary/aromatic N) is 2. The van der Waals surface area contributed by atoms with Crippen LogP contribution in [0.2, 0.25) is 5.02 Å². The van der Waals surface area contributed by atoms with Crippen LogP contribution in [-0.2, 0) is 14.8 Å². The van der Waals surface area contributed by atoms with Crippen molar-refractivity contribution in [3.63, 3.8) is 0 Å². The van der Waals surface area contributed by atoms with Crippen molar-refractivity contribution in [2.24, 2.45) is 5.73 Å². The lowest BCUT2D eigenvalue weighted by Gasteiger charge is -2.33. The Hall–Kier alpha value is -2.63. The van der Waals surface area contributed by atoms with Crippen molar-refractivity contribution in [2.45, 2.75) is 30.4 Å². The first-order chi connectivity index (χ1) is 13.2. The monoisotopic (exact) mass is 427 g/mol. The molecule has 1 fully saturated rings. The van der Waals surface area contributed by atoms with E-state index < -0.39 is 22.4 Å². The summed E-state index contributed by atoms with van der Waals surface area (Å²) in [7, 11) is -4.04. The van der Waals surface area contributed by atoms with Crippen LogP contribution in [0, 0.1) is 5.41 Å². The molecule has 5 N–H and O–H groups in total. The number of carboxylic acid groups (broad SMARTS) is 1. The summed E-state index contributed by atoms with van der Waals surface area (Å²) in [6.45, 7) is 0.144. The number of piperidine rings is 1. The quantitative estimate of drug-likeness (QED) is 0.328. The average molecular weight is 428 g/mol. The molecule has 3 rings (SSSR count). The fourth-order valence-corrected chi connectivity index (χ4v) is 4.91. The number of nitrogens with one attached hydrogen (secondary N) is 2. The van der Waals surface area contributed by atoms with Crippen LogP contribution in [0.25, 0.3) is 10.8 Å². The van der Waals surface area contributed by atoms with Crippen molar-refractivity contribution in [1.82, 2.24) is 9.29 Å². The first-order valence-corrected chi connectivity index (χ1v) is 10.1. The Balaban J connectivity index is 2.08. The number of guanidine groups is 1. The second-order valence-electron chi connectivity index (χ2n) is 6.15. The first kappa shape index (κ1) is 20.1. The number of rotatable bonds is 4. The molecule has 1 saturated heterocycles. The van der Waals surface area contributed by atoms with Gasteiger partial charge in [0.2, 0.25) is 10.0 Å². The van der Waals surface area contributed by atoms with E-state index in [-0.39, 0.29) is 29.6 Å². The highest BCUT2D eigenvalue weighted by Gasteiger charge is 2.36. The molecule has 1 aromatic heterocycles. The number of sulfonamides is 1. The zero-order valence-electron chi connectivity index (χ0n) is 14.6. The highest BCUT2D eigenvalue weighted by Crippen LogP contribution is 2.32. The number of anilines is 1. The number of pyridine rings is 1. The third kappa shape index (κ3) is 3.96. The minimum atomic E-state index is -4.04. The second kappa shape index (κ2) is 7.78. The van der Waals surface area contributed by atoms with E-state index in [2.05, 4.69) is 10.3 Å². The van der Waals surface area contributed by atoms with Crippen molar-refractivity contribution >= 4 is 50.3 Å². The van der Waals surface area contributed by atoms with Crippen LogP contribution in [0.1, 0.15) is 19.3 Å². The van der Waals surface area contributed by atoms with Gasteiger partial charge in [0.15, 0.2) is 12.2 Å². The number of nitrogens with two attached hydrogens (primary N) is 1. The third-order valence-corrected chi connectivity index (χ3v) is 6.49. The van der Waals surface area contributed by atoms with Gasteiger partial charge >= 0.3 is 6.16 Å². The van der Waals surface area contributed by atoms with Crippen molar-refractivity contribution in [3.8, 4) is 0 Å². The normalized spacial score (nSPS) is 18.0. The van der Waals surface area contributed by atoms with E-state index in [1.165, 1.54) is 24.4 Å². The van der Waals surface area contributed by atoms with Gasteiger partial charge in [-0.3, -0.25) is 5.41 Å². The summed E-state index contributed by atoms with van der Waals surface area (Å²) in [5.41, 5.74) is 5.36. The molecule has 1 aliphatic rings. The topological polar surface area (TPSA) is 159 Å². The van der Waals surface area contributed by atoms with Crippen molar-refractivity contribution in [1.29, 1.82) is 5.41 Å². The van der Waals surface area contributed by atoms with Crippen LogP contribution in [-0.4, -0.2) is 47.7 Å². The van der Waals surface area contributed by atoms with E-state index in [1.54, 1.807) is 0 Å². The Morgan fingerprint density at radius 2 is 2.14 bits per heavy atom. The Bertz CT molecular complexity index is 1050. The number of fused-ring (bicyclic) bond motifs is 1. The zero-order chi connectivity index (χ0) is 20.5. The van der Waals surface area contributed by atoms with Gasteiger partial charge in [-0.1, -0.05) is 17.7 Å². The molecular formula is C16H18ClN5O5S. The van der Waals surface area contributed by atoms with Gasteiger partial charge in [-0.2, -0.15) is 4.31 Å². The Kier molecular flexibility index (Phi) is 5.59. The van der Waals surface area contributed by atoms with E-state index in [1.807, 2.05) is 0 Å². The first-order valence-electron chi connectivity index (χ1n) is 8.31. The molecule has 10 nitrogen and oxygen atoms in total. The van der Waals surface area contributed by atoms with E-state index in [0.717, 1.165) is 4.31 Å². The van der Waals surface area contributed by atoms with Crippen LogP contribution in [0.3, 0.4) is 0 Å². The number of carbonyl (C=O) groups is 1. The maximum atomic E-state index is 13.2. The van der Waals surface area contributed by atoms with E-state index in [4.69, 9.17) is 32.6 Å². The molecule has 0 saturated carbocycles. The molecule has 1 aromatic carbocycles. The van der Waals surface area contributed by atoms with Gasteiger partial charge in [0.05, 0.1) is 9.92 Å². The Morgan fingerprint density at radius 1 is 1.39 bits per heavy atom. The van der Waals surface area contributed by atoms with E-state index in [0.29, 0.717) is 28.6 Å². The molecule has 1 aliphatic heterocycles. The predicted octanol–water partition coefficient (Wildman–Crippen LogP) is 2.39. The van der Waals surface area contributed by atoms with Crippen molar-refractivity contribution in [2.75, 3.05) is 11.9 Å². The molecule has 2 aromatic rings. The molecule has 12 heteroatoms. The zero-order valence-corrected chi connectivity index (χ0v) is 16.1. The maximum absolute atomic E-state index is 13.2. The van der Waals surface area contributed by atoms with E-state index in [9.17, 15) is 13.2 Å². The summed E-state index contributed by atoms with van der Waals surface area (Å²) in [5, 5.41) is 20.0. The van der Waals surface area contributed by atoms with Crippen LogP contribution in [0.15, 0.2) is 29.3 Å². The van der Waals surface area contributed by atoms with Gasteiger partial charge in [-0.05, 0) is 31.4 Å². The maximum Gasteiger partial charge on any atom is 0.507 e. The van der Waals surface area contributed by atoms with Gasteiger partial charge in [0, 0.05) is 23.5 Å². The number of hydrogen-bond donors (Lipinski definition) is 4. The van der Waals surface area contributed by atoms with Crippen LogP contribution in [0.5, 0.6) is 0 Å². The average Bonchev–Trinajstić information content (AvgIpc) is 2.63. The van der Waals surface area contributed by atoms with Gasteiger partial charge in [-0.15, -0.1) is 0 Å². The smallest absolute Gasteiger partial charge is 0.450 e. The lowest BCUT2D eigenvalue weighted by atomic mass is 10.1. The number of halogens is 1. The summed E-state index contributed by atoms with van der Waals surface area (Å²) in [6, 6.07) is 4.27. The predicted molar refractivity (Wildman–Crippen MR) is 103 cm³/mol. The Labute approximate surface area is 165 Å². The summed E-state index contributed by atoms with van der Waals surface area (Å²) < 4.78 is 32.1. The molecule has 150 valence electrons. The summed E-state index contributed by atoms with van der Waals surface area (Å²) in [4.78, 5) is 14.9. The largest absolute Gasteiger partial charge is 0.507 e.